The highest BCUT2D eigenvalue weighted by molar-refractivity contribution is 5.96. The van der Waals surface area contributed by atoms with Crippen LogP contribution in [0.5, 0.6) is 0 Å². The van der Waals surface area contributed by atoms with Crippen LogP contribution in [0.3, 0.4) is 0 Å². The molecule has 6 heteroatoms. The Morgan fingerprint density at radius 1 is 1.19 bits per heavy atom. The molecule has 1 aromatic rings. The Bertz CT molecular complexity index is 548. The average molecular weight is 288 g/mol. The van der Waals surface area contributed by atoms with Gasteiger partial charge in [0.1, 0.15) is 0 Å². The van der Waals surface area contributed by atoms with Crippen LogP contribution in [-0.2, 0) is 0 Å². The van der Waals surface area contributed by atoms with Crippen molar-refractivity contribution in [2.24, 2.45) is 5.73 Å². The van der Waals surface area contributed by atoms with Crippen LogP contribution in [0, 0.1) is 0 Å². The van der Waals surface area contributed by atoms with E-state index in [4.69, 9.17) is 5.73 Å². The van der Waals surface area contributed by atoms with Gasteiger partial charge in [0.25, 0.3) is 5.91 Å². The second-order valence-corrected chi connectivity index (χ2v) is 5.85. The molecule has 2 atom stereocenters. The Morgan fingerprint density at radius 3 is 2.57 bits per heavy atom. The van der Waals surface area contributed by atoms with Gasteiger partial charge in [-0.2, -0.15) is 0 Å². The molecule has 2 aliphatic heterocycles. The number of carbonyl (C=O) groups excluding carboxylic acids is 2. The first-order valence-corrected chi connectivity index (χ1v) is 7.33. The van der Waals surface area contributed by atoms with Crippen LogP contribution in [0.25, 0.3) is 0 Å². The zero-order valence-electron chi connectivity index (χ0n) is 11.8. The minimum absolute atomic E-state index is 0.102. The zero-order chi connectivity index (χ0) is 14.8. The Labute approximate surface area is 123 Å². The Morgan fingerprint density at radius 2 is 1.90 bits per heavy atom. The predicted octanol–water partition coefficient (Wildman–Crippen LogP) is 1.19. The van der Waals surface area contributed by atoms with E-state index in [2.05, 4.69) is 16.0 Å². The number of urea groups is 1. The van der Waals surface area contributed by atoms with Crippen molar-refractivity contribution >= 4 is 17.6 Å². The van der Waals surface area contributed by atoms with Gasteiger partial charge in [-0.05, 0) is 43.9 Å². The first-order valence-electron chi connectivity index (χ1n) is 7.33. The number of nitrogens with one attached hydrogen (secondary N) is 3. The smallest absolute Gasteiger partial charge is 0.316 e. The number of nitrogens with two attached hydrogens (primary N) is 1. The molecule has 0 saturated carbocycles. The third-order valence-corrected chi connectivity index (χ3v) is 4.20. The third kappa shape index (κ3) is 3.33. The van der Waals surface area contributed by atoms with Gasteiger partial charge in [0.15, 0.2) is 0 Å². The molecule has 21 heavy (non-hydrogen) atoms. The first-order chi connectivity index (χ1) is 10.1. The molecule has 2 saturated heterocycles. The van der Waals surface area contributed by atoms with Crippen LogP contribution in [0.1, 0.15) is 36.0 Å². The summed E-state index contributed by atoms with van der Waals surface area (Å²) < 4.78 is 0. The lowest BCUT2D eigenvalue weighted by molar-refractivity contribution is 0.0924. The maximum atomic E-state index is 12.3. The van der Waals surface area contributed by atoms with Gasteiger partial charge < -0.3 is 21.7 Å². The number of piperidine rings is 1. The standard InChI is InChI=1S/C15H20N4O2/c16-15(21)19-10-3-1-2-9(6-10)14(20)18-13-7-11-4-5-12(8-13)17-11/h1-3,6,11-13,17H,4-5,7-8H2,(H,18,20)(H3,16,19,21). The number of benzene rings is 1. The molecule has 2 fully saturated rings. The molecular weight excluding hydrogens is 268 g/mol. The Hall–Kier alpha value is -2.08. The van der Waals surface area contributed by atoms with Crippen molar-refractivity contribution in [2.75, 3.05) is 5.32 Å². The van der Waals surface area contributed by atoms with Gasteiger partial charge in [-0.15, -0.1) is 0 Å². The molecule has 3 rings (SSSR count). The van der Waals surface area contributed by atoms with Gasteiger partial charge in [0.2, 0.25) is 0 Å². The van der Waals surface area contributed by atoms with Gasteiger partial charge in [0, 0.05) is 29.4 Å². The summed E-state index contributed by atoms with van der Waals surface area (Å²) in [5, 5.41) is 9.12. The molecule has 0 radical (unpaired) electrons. The molecule has 1 aromatic carbocycles. The molecule has 2 aliphatic rings. The maximum absolute atomic E-state index is 12.3. The summed E-state index contributed by atoms with van der Waals surface area (Å²) >= 11 is 0. The molecule has 0 aromatic heterocycles. The van der Waals surface area contributed by atoms with Gasteiger partial charge >= 0.3 is 6.03 Å². The first kappa shape index (κ1) is 13.9. The fourth-order valence-corrected chi connectivity index (χ4v) is 3.32. The van der Waals surface area contributed by atoms with Gasteiger partial charge in [-0.25, -0.2) is 4.79 Å². The zero-order valence-corrected chi connectivity index (χ0v) is 11.8. The maximum Gasteiger partial charge on any atom is 0.316 e. The molecule has 2 unspecified atom stereocenters. The van der Waals surface area contributed by atoms with E-state index < -0.39 is 6.03 Å². The van der Waals surface area contributed by atoms with E-state index in [0.29, 0.717) is 23.3 Å². The normalized spacial score (nSPS) is 27.1. The minimum atomic E-state index is -0.637. The molecule has 0 spiro atoms. The van der Waals surface area contributed by atoms with Crippen molar-refractivity contribution in [1.82, 2.24) is 10.6 Å². The fourth-order valence-electron chi connectivity index (χ4n) is 3.32. The third-order valence-electron chi connectivity index (χ3n) is 4.20. The number of amides is 3. The SMILES string of the molecule is NC(=O)Nc1cccc(C(=O)NC2CC3CCC(C2)N3)c1. The molecule has 2 heterocycles. The summed E-state index contributed by atoms with van der Waals surface area (Å²) in [6.07, 6.45) is 4.38. The number of hydrogen-bond donors (Lipinski definition) is 4. The molecule has 5 N–H and O–H groups in total. The number of hydrogen-bond acceptors (Lipinski definition) is 3. The Balaban J connectivity index is 1.63. The molecule has 2 bridgehead atoms. The lowest BCUT2D eigenvalue weighted by Crippen LogP contribution is -2.48. The number of carbonyl (C=O) groups is 2. The quantitative estimate of drug-likeness (QED) is 0.672. The number of anilines is 1. The van der Waals surface area contributed by atoms with Gasteiger partial charge in [0.05, 0.1) is 0 Å². The topological polar surface area (TPSA) is 96.2 Å². The minimum Gasteiger partial charge on any atom is -0.351 e. The number of primary amides is 1. The molecule has 112 valence electrons. The largest absolute Gasteiger partial charge is 0.351 e. The van der Waals surface area contributed by atoms with Gasteiger partial charge in [-0.1, -0.05) is 6.07 Å². The van der Waals surface area contributed by atoms with E-state index in [-0.39, 0.29) is 11.9 Å². The van der Waals surface area contributed by atoms with Crippen LogP contribution >= 0.6 is 0 Å². The fraction of sp³-hybridized carbons (Fsp3) is 0.467. The van der Waals surface area contributed by atoms with E-state index in [1.54, 1.807) is 24.3 Å². The summed E-state index contributed by atoms with van der Waals surface area (Å²) in [5.41, 5.74) is 6.14. The number of rotatable bonds is 3. The van der Waals surface area contributed by atoms with Crippen LogP contribution < -0.4 is 21.7 Å². The van der Waals surface area contributed by atoms with Crippen molar-refractivity contribution < 1.29 is 9.59 Å². The average Bonchev–Trinajstić information content (AvgIpc) is 2.77. The molecular formula is C15H20N4O2. The Kier molecular flexibility index (Phi) is 3.79. The number of fused-ring (bicyclic) bond motifs is 2. The van der Waals surface area contributed by atoms with Crippen LogP contribution in [0.4, 0.5) is 10.5 Å². The summed E-state index contributed by atoms with van der Waals surface area (Å²) in [6.45, 7) is 0. The van der Waals surface area contributed by atoms with Crippen LogP contribution in [-0.4, -0.2) is 30.1 Å². The summed E-state index contributed by atoms with van der Waals surface area (Å²) in [6, 6.07) is 7.46. The summed E-state index contributed by atoms with van der Waals surface area (Å²) in [4.78, 5) is 23.2. The highest BCUT2D eigenvalue weighted by Gasteiger charge is 2.34. The van der Waals surface area contributed by atoms with E-state index in [1.807, 2.05) is 0 Å². The van der Waals surface area contributed by atoms with E-state index in [9.17, 15) is 9.59 Å². The van der Waals surface area contributed by atoms with Crippen molar-refractivity contribution in [2.45, 2.75) is 43.8 Å². The van der Waals surface area contributed by atoms with Crippen molar-refractivity contribution in [1.29, 1.82) is 0 Å². The van der Waals surface area contributed by atoms with Crippen LogP contribution in [0.2, 0.25) is 0 Å². The van der Waals surface area contributed by atoms with E-state index >= 15 is 0 Å². The molecule has 0 aliphatic carbocycles. The predicted molar refractivity (Wildman–Crippen MR) is 80.1 cm³/mol. The summed E-state index contributed by atoms with van der Waals surface area (Å²) in [7, 11) is 0. The van der Waals surface area contributed by atoms with E-state index in [1.165, 1.54) is 12.8 Å². The monoisotopic (exact) mass is 288 g/mol. The highest BCUT2D eigenvalue weighted by Crippen LogP contribution is 2.27. The summed E-state index contributed by atoms with van der Waals surface area (Å²) in [5.74, 6) is -0.102. The second-order valence-electron chi connectivity index (χ2n) is 5.85. The van der Waals surface area contributed by atoms with E-state index in [0.717, 1.165) is 12.8 Å². The lowest BCUT2D eigenvalue weighted by Gasteiger charge is -2.29. The second kappa shape index (κ2) is 5.73. The van der Waals surface area contributed by atoms with Crippen LogP contribution in [0.15, 0.2) is 24.3 Å². The van der Waals surface area contributed by atoms with Crippen molar-refractivity contribution in [3.63, 3.8) is 0 Å². The van der Waals surface area contributed by atoms with Crippen molar-refractivity contribution in [3.8, 4) is 0 Å². The molecule has 3 amide bonds. The van der Waals surface area contributed by atoms with Gasteiger partial charge in [-0.3, -0.25) is 4.79 Å². The lowest BCUT2D eigenvalue weighted by atomic mass is 9.99. The highest BCUT2D eigenvalue weighted by atomic mass is 16.2. The molecule has 6 nitrogen and oxygen atoms in total. The van der Waals surface area contributed by atoms with Crippen molar-refractivity contribution in [3.05, 3.63) is 29.8 Å².